The van der Waals surface area contributed by atoms with Crippen LogP contribution < -0.4 is 9.47 Å². The average molecular weight is 404 g/mol. The number of hydrogen-bond donors (Lipinski definition) is 1. The van der Waals surface area contributed by atoms with Crippen LogP contribution in [0, 0.1) is 6.92 Å². The number of ether oxygens (including phenoxy) is 2. The quantitative estimate of drug-likeness (QED) is 0.834. The maximum Gasteiger partial charge on any atom is 0.257 e. The van der Waals surface area contributed by atoms with Gasteiger partial charge in [-0.25, -0.2) is 8.42 Å². The van der Waals surface area contributed by atoms with E-state index in [1.165, 1.54) is 16.4 Å². The number of phenolic OH excluding ortho intramolecular Hbond substituents is 1. The van der Waals surface area contributed by atoms with Crippen LogP contribution in [0.4, 0.5) is 0 Å². The highest BCUT2D eigenvalue weighted by Gasteiger charge is 2.33. The highest BCUT2D eigenvalue weighted by atomic mass is 32.2. The topological polar surface area (TPSA) is 96.4 Å². The van der Waals surface area contributed by atoms with Crippen molar-refractivity contribution in [1.82, 2.24) is 9.21 Å². The van der Waals surface area contributed by atoms with Crippen LogP contribution in [-0.2, 0) is 10.0 Å². The van der Waals surface area contributed by atoms with E-state index in [0.717, 1.165) is 5.56 Å². The minimum atomic E-state index is -3.84. The zero-order valence-electron chi connectivity index (χ0n) is 15.3. The molecule has 0 spiro atoms. The fraction of sp³-hybridized carbons (Fsp3) is 0.316. The van der Waals surface area contributed by atoms with Crippen LogP contribution >= 0.6 is 0 Å². The monoisotopic (exact) mass is 404 g/mol. The van der Waals surface area contributed by atoms with Crippen molar-refractivity contribution in [2.24, 2.45) is 0 Å². The van der Waals surface area contributed by atoms with Crippen molar-refractivity contribution in [2.45, 2.75) is 11.8 Å². The van der Waals surface area contributed by atoms with Crippen LogP contribution in [0.5, 0.6) is 17.2 Å². The van der Waals surface area contributed by atoms with Gasteiger partial charge in [-0.15, -0.1) is 0 Å². The van der Waals surface area contributed by atoms with Gasteiger partial charge < -0.3 is 19.5 Å². The maximum absolute atomic E-state index is 12.9. The number of carbonyl (C=O) groups excluding carboxylic acids is 1. The second-order valence-electron chi connectivity index (χ2n) is 6.71. The lowest BCUT2D eigenvalue weighted by atomic mass is 10.1. The molecule has 9 heteroatoms. The molecule has 8 nitrogen and oxygen atoms in total. The summed E-state index contributed by atoms with van der Waals surface area (Å²) in [5.74, 6) is 0.452. The molecule has 2 aromatic carbocycles. The summed E-state index contributed by atoms with van der Waals surface area (Å²) in [5.41, 5.74) is 1.15. The smallest absolute Gasteiger partial charge is 0.257 e. The molecule has 1 amide bonds. The minimum Gasteiger partial charge on any atom is -0.507 e. The molecule has 0 saturated carbocycles. The highest BCUT2D eigenvalue weighted by Crippen LogP contribution is 2.36. The number of fused-ring (bicyclic) bond motifs is 1. The molecule has 1 saturated heterocycles. The van der Waals surface area contributed by atoms with Gasteiger partial charge in [0.15, 0.2) is 11.5 Å². The van der Waals surface area contributed by atoms with Crippen LogP contribution in [0.1, 0.15) is 15.9 Å². The van der Waals surface area contributed by atoms with E-state index < -0.39 is 10.0 Å². The molecule has 0 unspecified atom stereocenters. The first-order valence-corrected chi connectivity index (χ1v) is 10.3. The molecule has 0 bridgehead atoms. The Kier molecular flexibility index (Phi) is 4.64. The number of rotatable bonds is 3. The zero-order chi connectivity index (χ0) is 19.9. The van der Waals surface area contributed by atoms with Crippen molar-refractivity contribution in [2.75, 3.05) is 33.0 Å². The SMILES string of the molecule is Cc1ccc(O)c(S(=O)(=O)N2CCN(C(=O)c3cccc4c3OCO4)CC2)c1. The third kappa shape index (κ3) is 3.16. The summed E-state index contributed by atoms with van der Waals surface area (Å²) in [5, 5.41) is 9.98. The number of hydrogen-bond acceptors (Lipinski definition) is 6. The molecule has 1 fully saturated rings. The summed E-state index contributed by atoms with van der Waals surface area (Å²) in [4.78, 5) is 14.4. The van der Waals surface area contributed by atoms with E-state index in [2.05, 4.69) is 0 Å². The summed E-state index contributed by atoms with van der Waals surface area (Å²) in [6.07, 6.45) is 0. The molecule has 148 valence electrons. The van der Waals surface area contributed by atoms with E-state index in [4.69, 9.17) is 9.47 Å². The molecule has 2 heterocycles. The fourth-order valence-electron chi connectivity index (χ4n) is 3.37. The number of aryl methyl sites for hydroxylation is 1. The molecule has 4 rings (SSSR count). The van der Waals surface area contributed by atoms with Crippen LogP contribution in [0.3, 0.4) is 0 Å². The van der Waals surface area contributed by atoms with Crippen LogP contribution in [0.15, 0.2) is 41.3 Å². The number of piperazine rings is 1. The largest absolute Gasteiger partial charge is 0.507 e. The number of sulfonamides is 1. The van der Waals surface area contributed by atoms with Gasteiger partial charge in [0.2, 0.25) is 16.8 Å². The number of benzene rings is 2. The molecular weight excluding hydrogens is 384 g/mol. The third-order valence-corrected chi connectivity index (χ3v) is 6.81. The maximum atomic E-state index is 12.9. The summed E-state index contributed by atoms with van der Waals surface area (Å²) < 4.78 is 37.8. The molecule has 0 radical (unpaired) electrons. The Labute approximate surface area is 162 Å². The summed E-state index contributed by atoms with van der Waals surface area (Å²) >= 11 is 0. The minimum absolute atomic E-state index is 0.0750. The van der Waals surface area contributed by atoms with Crippen LogP contribution in [-0.4, -0.2) is 61.6 Å². The number of nitrogens with zero attached hydrogens (tertiary/aromatic N) is 2. The molecule has 0 aromatic heterocycles. The molecular formula is C19H20N2O6S. The highest BCUT2D eigenvalue weighted by molar-refractivity contribution is 7.89. The normalized spacial score (nSPS) is 17.0. The number of phenols is 1. The summed E-state index contributed by atoms with van der Waals surface area (Å²) in [6.45, 7) is 2.62. The zero-order valence-corrected chi connectivity index (χ0v) is 16.1. The van der Waals surface area contributed by atoms with E-state index in [9.17, 15) is 18.3 Å². The lowest BCUT2D eigenvalue weighted by Gasteiger charge is -2.34. The third-order valence-electron chi connectivity index (χ3n) is 4.89. The fourth-order valence-corrected chi connectivity index (χ4v) is 4.96. The van der Waals surface area contributed by atoms with Crippen molar-refractivity contribution < 1.29 is 27.8 Å². The van der Waals surface area contributed by atoms with E-state index in [0.29, 0.717) is 17.1 Å². The predicted molar refractivity (Wildman–Crippen MR) is 100 cm³/mol. The van der Waals surface area contributed by atoms with Gasteiger partial charge in [0, 0.05) is 26.2 Å². The summed E-state index contributed by atoms with van der Waals surface area (Å²) in [6, 6.07) is 9.60. The first-order valence-electron chi connectivity index (χ1n) is 8.85. The van der Waals surface area contributed by atoms with E-state index in [1.807, 2.05) is 0 Å². The average Bonchev–Trinajstić information content (AvgIpc) is 3.18. The van der Waals surface area contributed by atoms with Crippen molar-refractivity contribution in [3.05, 3.63) is 47.5 Å². The van der Waals surface area contributed by atoms with Gasteiger partial charge in [-0.2, -0.15) is 4.31 Å². The van der Waals surface area contributed by atoms with Gasteiger partial charge in [-0.1, -0.05) is 12.1 Å². The summed E-state index contributed by atoms with van der Waals surface area (Å²) in [7, 11) is -3.84. The van der Waals surface area contributed by atoms with E-state index >= 15 is 0 Å². The Bertz CT molecular complexity index is 1030. The van der Waals surface area contributed by atoms with Gasteiger partial charge >= 0.3 is 0 Å². The molecule has 28 heavy (non-hydrogen) atoms. The van der Waals surface area contributed by atoms with Crippen molar-refractivity contribution in [1.29, 1.82) is 0 Å². The lowest BCUT2D eigenvalue weighted by molar-refractivity contribution is 0.0693. The Morgan fingerprint density at radius 3 is 2.57 bits per heavy atom. The first kappa shape index (κ1) is 18.6. The Hall–Kier alpha value is -2.78. The molecule has 2 aliphatic rings. The predicted octanol–water partition coefficient (Wildman–Crippen LogP) is 1.58. The van der Waals surface area contributed by atoms with E-state index in [-0.39, 0.29) is 49.5 Å². The number of para-hydroxylation sites is 1. The van der Waals surface area contributed by atoms with Crippen molar-refractivity contribution in [3.63, 3.8) is 0 Å². The Morgan fingerprint density at radius 1 is 1.07 bits per heavy atom. The van der Waals surface area contributed by atoms with Crippen LogP contribution in [0.25, 0.3) is 0 Å². The second-order valence-corrected chi connectivity index (χ2v) is 8.61. The first-order chi connectivity index (χ1) is 13.4. The van der Waals surface area contributed by atoms with Crippen LogP contribution in [0.2, 0.25) is 0 Å². The van der Waals surface area contributed by atoms with Gasteiger partial charge in [0.25, 0.3) is 5.91 Å². The number of amides is 1. The lowest BCUT2D eigenvalue weighted by Crippen LogP contribution is -2.50. The van der Waals surface area contributed by atoms with Crippen molar-refractivity contribution >= 4 is 15.9 Å². The van der Waals surface area contributed by atoms with Gasteiger partial charge in [-0.3, -0.25) is 4.79 Å². The number of aromatic hydroxyl groups is 1. The molecule has 1 N–H and O–H groups in total. The molecule has 0 aliphatic carbocycles. The Morgan fingerprint density at radius 2 is 1.82 bits per heavy atom. The molecule has 2 aromatic rings. The molecule has 2 aliphatic heterocycles. The van der Waals surface area contributed by atoms with Crippen molar-refractivity contribution in [3.8, 4) is 17.2 Å². The van der Waals surface area contributed by atoms with Gasteiger partial charge in [0.1, 0.15) is 10.6 Å². The van der Waals surface area contributed by atoms with Gasteiger partial charge in [0.05, 0.1) is 5.56 Å². The number of carbonyl (C=O) groups is 1. The Balaban J connectivity index is 1.50. The molecule has 0 atom stereocenters. The van der Waals surface area contributed by atoms with Gasteiger partial charge in [-0.05, 0) is 36.8 Å². The van der Waals surface area contributed by atoms with E-state index in [1.54, 1.807) is 36.1 Å². The standard InChI is InChI=1S/C19H20N2O6S/c1-13-5-6-15(22)17(11-13)28(24,25)21-9-7-20(8-10-21)19(23)14-3-2-4-16-18(14)27-12-26-16/h2-6,11,22H,7-10,12H2,1H3. The second kappa shape index (κ2) is 6.99.